The monoisotopic (exact) mass is 303 g/mol. The molecule has 9 heteroatoms. The molecule has 0 unspecified atom stereocenters. The number of anilines is 1. The Bertz CT molecular complexity index is 716. The SMILES string of the molecule is CCNc1nc2nc(C(F)(F)F)c(C(=O)O)cc2cc1F. The molecule has 0 aliphatic heterocycles. The van der Waals surface area contributed by atoms with E-state index in [4.69, 9.17) is 5.11 Å². The fraction of sp³-hybridized carbons (Fsp3) is 0.250. The Morgan fingerprint density at radius 2 is 2.00 bits per heavy atom. The van der Waals surface area contributed by atoms with E-state index in [9.17, 15) is 22.4 Å². The summed E-state index contributed by atoms with van der Waals surface area (Å²) in [7, 11) is 0. The summed E-state index contributed by atoms with van der Waals surface area (Å²) in [5.41, 5.74) is -3.00. The largest absolute Gasteiger partial charge is 0.478 e. The second-order valence-corrected chi connectivity index (χ2v) is 4.08. The molecule has 0 aliphatic rings. The molecular weight excluding hydrogens is 294 g/mol. The third-order valence-electron chi connectivity index (χ3n) is 2.60. The molecule has 0 fully saturated rings. The number of pyridine rings is 2. The van der Waals surface area contributed by atoms with Crippen molar-refractivity contribution in [2.24, 2.45) is 0 Å². The fourth-order valence-corrected chi connectivity index (χ4v) is 1.75. The van der Waals surface area contributed by atoms with Crippen molar-refractivity contribution in [2.45, 2.75) is 13.1 Å². The van der Waals surface area contributed by atoms with Crippen LogP contribution in [0.4, 0.5) is 23.4 Å². The van der Waals surface area contributed by atoms with Gasteiger partial charge >= 0.3 is 12.1 Å². The van der Waals surface area contributed by atoms with Gasteiger partial charge < -0.3 is 10.4 Å². The van der Waals surface area contributed by atoms with Crippen molar-refractivity contribution in [1.82, 2.24) is 9.97 Å². The molecule has 0 aromatic carbocycles. The summed E-state index contributed by atoms with van der Waals surface area (Å²) < 4.78 is 52.1. The van der Waals surface area contributed by atoms with Gasteiger partial charge in [-0.3, -0.25) is 0 Å². The normalized spacial score (nSPS) is 11.7. The minimum absolute atomic E-state index is 0.125. The van der Waals surface area contributed by atoms with Crippen LogP contribution in [0.1, 0.15) is 23.0 Å². The highest BCUT2D eigenvalue weighted by molar-refractivity contribution is 5.93. The second-order valence-electron chi connectivity index (χ2n) is 4.08. The third-order valence-corrected chi connectivity index (χ3v) is 2.60. The number of nitrogens with one attached hydrogen (secondary N) is 1. The first-order valence-electron chi connectivity index (χ1n) is 5.79. The fourth-order valence-electron chi connectivity index (χ4n) is 1.75. The number of carbonyl (C=O) groups is 1. The highest BCUT2D eigenvalue weighted by Gasteiger charge is 2.38. The highest BCUT2D eigenvalue weighted by atomic mass is 19.4. The van der Waals surface area contributed by atoms with Gasteiger partial charge in [-0.05, 0) is 19.1 Å². The van der Waals surface area contributed by atoms with Crippen LogP contribution < -0.4 is 5.32 Å². The van der Waals surface area contributed by atoms with Gasteiger partial charge in [-0.25, -0.2) is 19.2 Å². The van der Waals surface area contributed by atoms with Crippen molar-refractivity contribution in [3.8, 4) is 0 Å². The molecule has 2 heterocycles. The lowest BCUT2D eigenvalue weighted by molar-refractivity contribution is -0.141. The summed E-state index contributed by atoms with van der Waals surface area (Å²) in [6, 6.07) is 1.60. The molecule has 0 saturated heterocycles. The first kappa shape index (κ1) is 14.9. The molecule has 0 saturated carbocycles. The van der Waals surface area contributed by atoms with Crippen molar-refractivity contribution in [3.63, 3.8) is 0 Å². The number of carboxylic acids is 1. The van der Waals surface area contributed by atoms with Crippen LogP contribution in [-0.4, -0.2) is 27.6 Å². The Labute approximate surface area is 115 Å². The maximum atomic E-state index is 13.7. The van der Waals surface area contributed by atoms with E-state index >= 15 is 0 Å². The quantitative estimate of drug-likeness (QED) is 0.853. The zero-order valence-corrected chi connectivity index (χ0v) is 10.6. The van der Waals surface area contributed by atoms with Crippen LogP contribution in [-0.2, 0) is 6.18 Å². The van der Waals surface area contributed by atoms with E-state index in [0.717, 1.165) is 6.07 Å². The summed E-state index contributed by atoms with van der Waals surface area (Å²) >= 11 is 0. The zero-order chi connectivity index (χ0) is 15.8. The molecule has 0 bridgehead atoms. The molecule has 2 rings (SSSR count). The lowest BCUT2D eigenvalue weighted by atomic mass is 10.1. The Hall–Kier alpha value is -2.45. The van der Waals surface area contributed by atoms with Crippen LogP contribution in [0.5, 0.6) is 0 Å². The Kier molecular flexibility index (Phi) is 3.67. The lowest BCUT2D eigenvalue weighted by Crippen LogP contribution is -2.16. The molecule has 0 radical (unpaired) electrons. The lowest BCUT2D eigenvalue weighted by Gasteiger charge is -2.11. The van der Waals surface area contributed by atoms with E-state index in [2.05, 4.69) is 15.3 Å². The predicted molar refractivity (Wildman–Crippen MR) is 65.6 cm³/mol. The summed E-state index contributed by atoms with van der Waals surface area (Å²) in [5, 5.41) is 11.2. The van der Waals surface area contributed by atoms with Gasteiger partial charge in [0.05, 0.1) is 5.56 Å². The topological polar surface area (TPSA) is 75.1 Å². The number of hydrogen-bond donors (Lipinski definition) is 2. The average molecular weight is 303 g/mol. The maximum absolute atomic E-state index is 13.7. The van der Waals surface area contributed by atoms with Gasteiger partial charge in [0.15, 0.2) is 23.0 Å². The minimum atomic E-state index is -4.95. The predicted octanol–water partition coefficient (Wildman–Crippen LogP) is 2.92. The first-order valence-corrected chi connectivity index (χ1v) is 5.79. The Morgan fingerprint density at radius 3 is 2.52 bits per heavy atom. The number of alkyl halides is 3. The van der Waals surface area contributed by atoms with E-state index in [1.54, 1.807) is 6.92 Å². The van der Waals surface area contributed by atoms with E-state index in [0.29, 0.717) is 12.6 Å². The van der Waals surface area contributed by atoms with Gasteiger partial charge in [-0.1, -0.05) is 0 Å². The van der Waals surface area contributed by atoms with Crippen LogP contribution in [0, 0.1) is 5.82 Å². The summed E-state index contributed by atoms with van der Waals surface area (Å²) in [6.45, 7) is 1.97. The molecule has 21 heavy (non-hydrogen) atoms. The zero-order valence-electron chi connectivity index (χ0n) is 10.6. The molecule has 0 spiro atoms. The molecule has 5 nitrogen and oxygen atoms in total. The maximum Gasteiger partial charge on any atom is 0.434 e. The van der Waals surface area contributed by atoms with Crippen LogP contribution in [0.2, 0.25) is 0 Å². The molecule has 0 amide bonds. The number of hydrogen-bond acceptors (Lipinski definition) is 4. The van der Waals surface area contributed by atoms with Gasteiger partial charge in [0, 0.05) is 11.9 Å². The van der Waals surface area contributed by atoms with E-state index in [1.807, 2.05) is 0 Å². The van der Waals surface area contributed by atoms with Crippen molar-refractivity contribution >= 4 is 22.8 Å². The summed E-state index contributed by atoms with van der Waals surface area (Å²) in [5.74, 6) is -2.84. The van der Waals surface area contributed by atoms with Crippen molar-refractivity contribution in [3.05, 3.63) is 29.2 Å². The Balaban J connectivity index is 2.76. The molecule has 2 aromatic rings. The molecular formula is C12H9F4N3O2. The number of nitrogens with zero attached hydrogens (tertiary/aromatic N) is 2. The number of aromatic carboxylic acids is 1. The van der Waals surface area contributed by atoms with Gasteiger partial charge in [-0.15, -0.1) is 0 Å². The smallest absolute Gasteiger partial charge is 0.434 e. The van der Waals surface area contributed by atoms with Gasteiger partial charge in [0.1, 0.15) is 0 Å². The van der Waals surface area contributed by atoms with Crippen LogP contribution in [0.3, 0.4) is 0 Å². The van der Waals surface area contributed by atoms with Crippen LogP contribution in [0.15, 0.2) is 12.1 Å². The molecule has 2 aromatic heterocycles. The number of halogens is 4. The first-order chi connectivity index (χ1) is 9.74. The number of carboxylic acid groups (broad SMARTS) is 1. The van der Waals surface area contributed by atoms with Crippen LogP contribution in [0.25, 0.3) is 11.0 Å². The van der Waals surface area contributed by atoms with Crippen LogP contribution >= 0.6 is 0 Å². The van der Waals surface area contributed by atoms with Gasteiger partial charge in [-0.2, -0.15) is 13.2 Å². The highest BCUT2D eigenvalue weighted by Crippen LogP contribution is 2.32. The van der Waals surface area contributed by atoms with Crippen molar-refractivity contribution in [1.29, 1.82) is 0 Å². The standard InChI is InChI=1S/C12H9F4N3O2/c1-2-17-10-7(13)4-5-3-6(11(20)21)8(12(14,15)16)18-9(5)19-10/h3-4H,2H2,1H3,(H,20,21)(H,17,18,19). The molecule has 0 atom stereocenters. The molecule has 0 aliphatic carbocycles. The van der Waals surface area contributed by atoms with E-state index in [-0.39, 0.29) is 16.9 Å². The van der Waals surface area contributed by atoms with E-state index in [1.165, 1.54) is 0 Å². The second kappa shape index (κ2) is 5.15. The number of fused-ring (bicyclic) bond motifs is 1. The number of rotatable bonds is 3. The molecule has 112 valence electrons. The van der Waals surface area contributed by atoms with E-state index < -0.39 is 29.2 Å². The Morgan fingerprint density at radius 1 is 1.33 bits per heavy atom. The van der Waals surface area contributed by atoms with Gasteiger partial charge in [0.25, 0.3) is 0 Å². The number of aromatic nitrogens is 2. The van der Waals surface area contributed by atoms with Gasteiger partial charge in [0.2, 0.25) is 0 Å². The third kappa shape index (κ3) is 2.86. The summed E-state index contributed by atoms with van der Waals surface area (Å²) in [4.78, 5) is 17.8. The summed E-state index contributed by atoms with van der Waals surface area (Å²) in [6.07, 6.45) is -4.95. The average Bonchev–Trinajstić information content (AvgIpc) is 2.37. The van der Waals surface area contributed by atoms with Crippen molar-refractivity contribution < 1.29 is 27.5 Å². The van der Waals surface area contributed by atoms with Crippen molar-refractivity contribution in [2.75, 3.05) is 11.9 Å². The minimum Gasteiger partial charge on any atom is -0.478 e. The molecule has 2 N–H and O–H groups in total.